The molecule has 2 aliphatic rings. The standard InChI is InChI=1S/C39H48N8O5S/c1-27-25-40-38(44-36(27)41-31-9-6-10-33(24-31)53(50,51)45-39(2,3)4)42-30-11-13-32(14-12-30)52-22-21-46-17-19-47(20-18-46)26-28-7-5-8-29(23-28)34-15-16-35(48)43-37(34)49/h5-14,23-25,34,45H,15-22,26H2,1-4H3,(H,43,48,49)(H2,40,41,42,44). The minimum atomic E-state index is -3.69. The van der Waals surface area contributed by atoms with Crippen LogP contribution < -0.4 is 25.4 Å². The van der Waals surface area contributed by atoms with Crippen molar-refractivity contribution in [1.82, 2.24) is 29.8 Å². The van der Waals surface area contributed by atoms with E-state index in [4.69, 9.17) is 4.74 Å². The first-order chi connectivity index (χ1) is 25.3. The Morgan fingerprint density at radius 2 is 1.64 bits per heavy atom. The second kappa shape index (κ2) is 16.4. The highest BCUT2D eigenvalue weighted by molar-refractivity contribution is 7.89. The van der Waals surface area contributed by atoms with Crippen molar-refractivity contribution >= 4 is 45.0 Å². The first kappa shape index (κ1) is 37.9. The van der Waals surface area contributed by atoms with E-state index in [1.807, 2.05) is 43.3 Å². The summed E-state index contributed by atoms with van der Waals surface area (Å²) in [6.07, 6.45) is 2.65. The van der Waals surface area contributed by atoms with Crippen molar-refractivity contribution in [1.29, 1.82) is 0 Å². The summed E-state index contributed by atoms with van der Waals surface area (Å²) < 4.78 is 34.4. The topological polar surface area (TPSA) is 158 Å². The maximum atomic E-state index is 12.8. The number of carbonyl (C=O) groups excluding carboxylic acids is 2. The van der Waals surface area contributed by atoms with Crippen LogP contribution in [0.1, 0.15) is 56.2 Å². The average Bonchev–Trinajstić information content (AvgIpc) is 3.10. The van der Waals surface area contributed by atoms with Crippen molar-refractivity contribution < 1.29 is 22.7 Å². The zero-order chi connectivity index (χ0) is 37.6. The number of carbonyl (C=O) groups is 2. The molecule has 13 nitrogen and oxygen atoms in total. The number of sulfonamides is 1. The number of imide groups is 1. The number of amides is 2. The lowest BCUT2D eigenvalue weighted by atomic mass is 9.89. The molecule has 2 aliphatic heterocycles. The summed E-state index contributed by atoms with van der Waals surface area (Å²) in [5.74, 6) is 1.07. The van der Waals surface area contributed by atoms with E-state index in [1.54, 1.807) is 51.2 Å². The zero-order valence-electron chi connectivity index (χ0n) is 30.7. The van der Waals surface area contributed by atoms with Crippen LogP contribution in [0.4, 0.5) is 23.1 Å². The minimum Gasteiger partial charge on any atom is -0.492 e. The van der Waals surface area contributed by atoms with Gasteiger partial charge in [0.25, 0.3) is 0 Å². The number of benzene rings is 3. The molecule has 0 saturated carbocycles. The van der Waals surface area contributed by atoms with Crippen LogP contribution >= 0.6 is 0 Å². The van der Waals surface area contributed by atoms with Gasteiger partial charge in [0.2, 0.25) is 27.8 Å². The Bertz CT molecular complexity index is 2030. The molecule has 2 fully saturated rings. The number of aryl methyl sites for hydroxylation is 1. The largest absolute Gasteiger partial charge is 0.492 e. The quantitative estimate of drug-likeness (QED) is 0.136. The van der Waals surface area contributed by atoms with Crippen LogP contribution in [0, 0.1) is 6.92 Å². The van der Waals surface area contributed by atoms with Gasteiger partial charge < -0.3 is 15.4 Å². The third-order valence-corrected chi connectivity index (χ3v) is 10.8. The molecule has 4 aromatic rings. The predicted molar refractivity (Wildman–Crippen MR) is 205 cm³/mol. The average molecular weight is 741 g/mol. The van der Waals surface area contributed by atoms with Gasteiger partial charge in [-0.3, -0.25) is 24.7 Å². The van der Waals surface area contributed by atoms with E-state index in [0.717, 1.165) is 61.8 Å². The maximum absolute atomic E-state index is 12.8. The molecule has 2 amide bonds. The van der Waals surface area contributed by atoms with Gasteiger partial charge in [-0.15, -0.1) is 0 Å². The van der Waals surface area contributed by atoms with Crippen LogP contribution in [0.25, 0.3) is 0 Å². The van der Waals surface area contributed by atoms with Crippen LogP contribution in [0.3, 0.4) is 0 Å². The molecule has 53 heavy (non-hydrogen) atoms. The van der Waals surface area contributed by atoms with E-state index >= 15 is 0 Å². The molecule has 14 heteroatoms. The maximum Gasteiger partial charge on any atom is 0.241 e. The zero-order valence-corrected chi connectivity index (χ0v) is 31.5. The first-order valence-corrected chi connectivity index (χ1v) is 19.4. The highest BCUT2D eigenvalue weighted by Gasteiger charge is 2.28. The monoisotopic (exact) mass is 740 g/mol. The smallest absolute Gasteiger partial charge is 0.241 e. The van der Waals surface area contributed by atoms with Gasteiger partial charge in [-0.05, 0) is 87.7 Å². The van der Waals surface area contributed by atoms with Crippen molar-refractivity contribution in [3.8, 4) is 5.75 Å². The molecule has 1 atom stereocenters. The minimum absolute atomic E-state index is 0.163. The number of nitrogens with zero attached hydrogens (tertiary/aromatic N) is 4. The predicted octanol–water partition coefficient (Wildman–Crippen LogP) is 5.07. The number of anilines is 4. The SMILES string of the molecule is Cc1cnc(Nc2ccc(OCCN3CCN(Cc4cccc(C5CCC(=O)NC5=O)c4)CC3)cc2)nc1Nc1cccc(S(=O)(=O)NC(C)(C)C)c1. The van der Waals surface area contributed by atoms with Crippen molar-refractivity contribution in [2.75, 3.05) is 50.0 Å². The van der Waals surface area contributed by atoms with Crippen LogP contribution in [0.5, 0.6) is 5.75 Å². The summed E-state index contributed by atoms with van der Waals surface area (Å²) in [7, 11) is -3.69. The fraction of sp³-hybridized carbons (Fsp3) is 0.385. The molecular formula is C39H48N8O5S. The number of hydrogen-bond donors (Lipinski definition) is 4. The fourth-order valence-corrected chi connectivity index (χ4v) is 7.84. The Kier molecular flexibility index (Phi) is 11.7. The molecular weight excluding hydrogens is 693 g/mol. The van der Waals surface area contributed by atoms with Gasteiger partial charge in [0, 0.05) is 74.4 Å². The number of rotatable bonds is 13. The molecule has 3 heterocycles. The molecule has 280 valence electrons. The third-order valence-electron chi connectivity index (χ3n) is 9.07. The molecule has 0 spiro atoms. The Labute approximate surface area is 311 Å². The Morgan fingerprint density at radius 3 is 2.38 bits per heavy atom. The number of hydrogen-bond acceptors (Lipinski definition) is 11. The van der Waals surface area contributed by atoms with E-state index < -0.39 is 15.6 Å². The number of nitrogens with one attached hydrogen (secondary N) is 4. The molecule has 2 saturated heterocycles. The summed E-state index contributed by atoms with van der Waals surface area (Å²) in [4.78, 5) is 37.9. The fourth-order valence-electron chi connectivity index (χ4n) is 6.37. The summed E-state index contributed by atoms with van der Waals surface area (Å²) in [5, 5.41) is 8.93. The normalized spacial score (nSPS) is 17.3. The van der Waals surface area contributed by atoms with Gasteiger partial charge in [0.05, 0.1) is 10.8 Å². The van der Waals surface area contributed by atoms with Crippen LogP contribution in [-0.2, 0) is 26.2 Å². The number of piperazine rings is 1. The lowest BCUT2D eigenvalue weighted by Crippen LogP contribution is -2.47. The van der Waals surface area contributed by atoms with E-state index in [0.29, 0.717) is 36.9 Å². The van der Waals surface area contributed by atoms with Gasteiger partial charge in [-0.1, -0.05) is 30.3 Å². The first-order valence-electron chi connectivity index (χ1n) is 17.9. The van der Waals surface area contributed by atoms with E-state index in [1.165, 1.54) is 5.56 Å². The summed E-state index contributed by atoms with van der Waals surface area (Å²) in [6.45, 7) is 13.3. The highest BCUT2D eigenvalue weighted by atomic mass is 32.2. The third kappa shape index (κ3) is 10.6. The molecule has 1 unspecified atom stereocenters. The van der Waals surface area contributed by atoms with Crippen LogP contribution in [-0.4, -0.2) is 84.9 Å². The lowest BCUT2D eigenvalue weighted by Gasteiger charge is -2.34. The second-order valence-corrected chi connectivity index (χ2v) is 16.3. The summed E-state index contributed by atoms with van der Waals surface area (Å²) >= 11 is 0. The van der Waals surface area contributed by atoms with Gasteiger partial charge >= 0.3 is 0 Å². The molecule has 3 aromatic carbocycles. The molecule has 6 rings (SSSR count). The van der Waals surface area contributed by atoms with Gasteiger partial charge in [-0.2, -0.15) is 4.98 Å². The number of ether oxygens (including phenoxy) is 1. The van der Waals surface area contributed by atoms with Crippen molar-refractivity contribution in [2.24, 2.45) is 0 Å². The van der Waals surface area contributed by atoms with Crippen molar-refractivity contribution in [2.45, 2.75) is 63.4 Å². The molecule has 0 bridgehead atoms. The van der Waals surface area contributed by atoms with Gasteiger partial charge in [-0.25, -0.2) is 18.1 Å². The summed E-state index contributed by atoms with van der Waals surface area (Å²) in [5.41, 5.74) is 3.74. The molecule has 1 aromatic heterocycles. The lowest BCUT2D eigenvalue weighted by molar-refractivity contribution is -0.134. The van der Waals surface area contributed by atoms with E-state index in [-0.39, 0.29) is 22.6 Å². The number of aromatic nitrogens is 2. The van der Waals surface area contributed by atoms with Crippen molar-refractivity contribution in [3.05, 3.63) is 95.7 Å². The summed E-state index contributed by atoms with van der Waals surface area (Å²) in [6, 6.07) is 22.5. The van der Waals surface area contributed by atoms with Crippen LogP contribution in [0.15, 0.2) is 83.9 Å². The second-order valence-electron chi connectivity index (χ2n) is 14.6. The van der Waals surface area contributed by atoms with Gasteiger partial charge in [0.1, 0.15) is 18.2 Å². The Hall–Kier alpha value is -4.89. The van der Waals surface area contributed by atoms with E-state index in [9.17, 15) is 18.0 Å². The van der Waals surface area contributed by atoms with Crippen LogP contribution in [0.2, 0.25) is 0 Å². The Morgan fingerprint density at radius 1 is 0.906 bits per heavy atom. The van der Waals surface area contributed by atoms with E-state index in [2.05, 4.69) is 52.6 Å². The molecule has 0 aliphatic carbocycles. The highest BCUT2D eigenvalue weighted by Crippen LogP contribution is 2.27. The number of piperidine rings is 1. The Balaban J connectivity index is 0.945. The van der Waals surface area contributed by atoms with Crippen molar-refractivity contribution in [3.63, 3.8) is 0 Å². The molecule has 4 N–H and O–H groups in total. The molecule has 0 radical (unpaired) electrons. The van der Waals surface area contributed by atoms with Gasteiger partial charge in [0.15, 0.2) is 0 Å².